The van der Waals surface area contributed by atoms with E-state index in [1.54, 1.807) is 30.3 Å². The summed E-state index contributed by atoms with van der Waals surface area (Å²) in [5.41, 5.74) is 1.38. The molecule has 0 aliphatic rings. The maximum Gasteiger partial charge on any atom is 0.303 e. The van der Waals surface area contributed by atoms with Crippen LogP contribution in [0.4, 0.5) is 0 Å². The van der Waals surface area contributed by atoms with Crippen molar-refractivity contribution >= 4 is 5.97 Å². The van der Waals surface area contributed by atoms with Gasteiger partial charge in [-0.2, -0.15) is 5.26 Å². The fourth-order valence-corrected chi connectivity index (χ4v) is 1.18. The summed E-state index contributed by atoms with van der Waals surface area (Å²) < 4.78 is 5.02. The summed E-state index contributed by atoms with van der Waals surface area (Å²) in [6, 6.07) is 8.86. The molecule has 0 spiro atoms. The Bertz CT molecular complexity index is 401. The van der Waals surface area contributed by atoms with Gasteiger partial charge in [-0.3, -0.25) is 4.79 Å². The molecule has 0 saturated heterocycles. The van der Waals surface area contributed by atoms with Crippen LogP contribution in [0.3, 0.4) is 0 Å². The monoisotopic (exact) mass is 201 g/mol. The molecule has 1 unspecified atom stereocenters. The van der Waals surface area contributed by atoms with Crippen molar-refractivity contribution in [3.63, 3.8) is 0 Å². The molecule has 0 amide bonds. The molecule has 0 saturated carbocycles. The van der Waals surface area contributed by atoms with Gasteiger partial charge in [0.1, 0.15) is 6.10 Å². The van der Waals surface area contributed by atoms with Crippen molar-refractivity contribution in [3.05, 3.63) is 48.0 Å². The van der Waals surface area contributed by atoms with E-state index in [4.69, 9.17) is 10.00 Å². The summed E-state index contributed by atoms with van der Waals surface area (Å²) in [5, 5.41) is 8.61. The van der Waals surface area contributed by atoms with Crippen molar-refractivity contribution in [2.75, 3.05) is 0 Å². The number of hydrogen-bond donors (Lipinski definition) is 0. The average molecular weight is 201 g/mol. The highest BCUT2D eigenvalue weighted by Gasteiger charge is 2.09. The van der Waals surface area contributed by atoms with Gasteiger partial charge in [-0.15, -0.1) is 0 Å². The van der Waals surface area contributed by atoms with Crippen LogP contribution in [0.15, 0.2) is 36.9 Å². The van der Waals surface area contributed by atoms with Gasteiger partial charge < -0.3 is 4.74 Å². The zero-order valence-electron chi connectivity index (χ0n) is 8.43. The average Bonchev–Trinajstić information content (AvgIpc) is 2.26. The van der Waals surface area contributed by atoms with E-state index < -0.39 is 6.10 Å². The molecule has 3 nitrogen and oxygen atoms in total. The molecule has 1 atom stereocenters. The zero-order valence-corrected chi connectivity index (χ0v) is 8.43. The number of nitriles is 1. The number of ether oxygens (including phenoxy) is 1. The first kappa shape index (κ1) is 11.0. The summed E-state index contributed by atoms with van der Waals surface area (Å²) in [4.78, 5) is 10.8. The van der Waals surface area contributed by atoms with Crippen molar-refractivity contribution in [2.24, 2.45) is 0 Å². The fraction of sp³-hybridized carbons (Fsp3) is 0.167. The maximum absolute atomic E-state index is 10.8. The number of benzene rings is 1. The third kappa shape index (κ3) is 2.96. The van der Waals surface area contributed by atoms with E-state index in [1.807, 2.05) is 6.07 Å². The van der Waals surface area contributed by atoms with E-state index in [-0.39, 0.29) is 5.97 Å². The third-order valence-electron chi connectivity index (χ3n) is 1.88. The summed E-state index contributed by atoms with van der Waals surface area (Å²) in [5.74, 6) is -0.357. The van der Waals surface area contributed by atoms with Crippen LogP contribution in [0, 0.1) is 11.3 Å². The number of hydrogen-bond acceptors (Lipinski definition) is 3. The van der Waals surface area contributed by atoms with Crippen molar-refractivity contribution in [3.8, 4) is 6.07 Å². The SMILES string of the molecule is C=CC(OC(C)=O)c1ccc(C#N)cc1. The minimum Gasteiger partial charge on any atom is -0.453 e. The molecule has 1 aromatic carbocycles. The summed E-state index contributed by atoms with van der Waals surface area (Å²) >= 11 is 0. The smallest absolute Gasteiger partial charge is 0.303 e. The Labute approximate surface area is 88.6 Å². The molecule has 0 N–H and O–H groups in total. The number of esters is 1. The first-order chi connectivity index (χ1) is 7.17. The Morgan fingerprint density at radius 3 is 2.53 bits per heavy atom. The van der Waals surface area contributed by atoms with Gasteiger partial charge in [-0.25, -0.2) is 0 Å². The van der Waals surface area contributed by atoms with Crippen molar-refractivity contribution in [1.29, 1.82) is 5.26 Å². The quantitative estimate of drug-likeness (QED) is 0.557. The first-order valence-corrected chi connectivity index (χ1v) is 4.47. The standard InChI is InChI=1S/C12H11NO2/c1-3-12(15-9(2)14)11-6-4-10(8-13)5-7-11/h3-7,12H,1H2,2H3. The predicted octanol–water partition coefficient (Wildman–Crippen LogP) is 2.35. The lowest BCUT2D eigenvalue weighted by molar-refractivity contribution is -0.144. The fourth-order valence-electron chi connectivity index (χ4n) is 1.18. The highest BCUT2D eigenvalue weighted by molar-refractivity contribution is 5.66. The number of rotatable bonds is 3. The van der Waals surface area contributed by atoms with Crippen molar-refractivity contribution in [1.82, 2.24) is 0 Å². The van der Waals surface area contributed by atoms with Crippen LogP contribution < -0.4 is 0 Å². The molecular weight excluding hydrogens is 190 g/mol. The second-order valence-electron chi connectivity index (χ2n) is 3.00. The Balaban J connectivity index is 2.88. The molecule has 15 heavy (non-hydrogen) atoms. The van der Waals surface area contributed by atoms with E-state index >= 15 is 0 Å². The molecule has 0 heterocycles. The molecule has 0 aromatic heterocycles. The lowest BCUT2D eigenvalue weighted by atomic mass is 10.1. The normalized spacial score (nSPS) is 11.2. The van der Waals surface area contributed by atoms with Crippen molar-refractivity contribution in [2.45, 2.75) is 13.0 Å². The molecule has 0 fully saturated rings. The van der Waals surface area contributed by atoms with Gasteiger partial charge in [0.2, 0.25) is 0 Å². The molecule has 1 rings (SSSR count). The topological polar surface area (TPSA) is 50.1 Å². The van der Waals surface area contributed by atoms with E-state index in [2.05, 4.69) is 6.58 Å². The van der Waals surface area contributed by atoms with Gasteiger partial charge in [0, 0.05) is 6.92 Å². The highest BCUT2D eigenvalue weighted by atomic mass is 16.5. The van der Waals surface area contributed by atoms with Gasteiger partial charge in [0.05, 0.1) is 11.6 Å². The molecule has 0 radical (unpaired) electrons. The summed E-state index contributed by atoms with van der Waals surface area (Å²) in [6.45, 7) is 4.94. The van der Waals surface area contributed by atoms with E-state index in [1.165, 1.54) is 6.92 Å². The van der Waals surface area contributed by atoms with Gasteiger partial charge in [-0.1, -0.05) is 18.7 Å². The first-order valence-electron chi connectivity index (χ1n) is 4.47. The molecule has 0 aliphatic carbocycles. The molecular formula is C12H11NO2. The Hall–Kier alpha value is -2.08. The third-order valence-corrected chi connectivity index (χ3v) is 1.88. The number of carbonyl (C=O) groups excluding carboxylic acids is 1. The summed E-state index contributed by atoms with van der Waals surface area (Å²) in [7, 11) is 0. The number of nitrogens with zero attached hydrogens (tertiary/aromatic N) is 1. The Morgan fingerprint density at radius 1 is 1.53 bits per heavy atom. The second kappa shape index (κ2) is 4.97. The molecule has 0 bridgehead atoms. The van der Waals surface area contributed by atoms with Crippen LogP contribution in [-0.2, 0) is 9.53 Å². The van der Waals surface area contributed by atoms with Crippen molar-refractivity contribution < 1.29 is 9.53 Å². The van der Waals surface area contributed by atoms with Crippen LogP contribution in [-0.4, -0.2) is 5.97 Å². The van der Waals surface area contributed by atoms with Gasteiger partial charge in [0.15, 0.2) is 0 Å². The van der Waals surface area contributed by atoms with E-state index in [0.29, 0.717) is 5.56 Å². The lowest BCUT2D eigenvalue weighted by Gasteiger charge is -2.12. The highest BCUT2D eigenvalue weighted by Crippen LogP contribution is 2.18. The largest absolute Gasteiger partial charge is 0.453 e. The Morgan fingerprint density at radius 2 is 2.13 bits per heavy atom. The lowest BCUT2D eigenvalue weighted by Crippen LogP contribution is -2.05. The van der Waals surface area contributed by atoms with Gasteiger partial charge in [-0.05, 0) is 23.8 Å². The number of carbonyl (C=O) groups is 1. The van der Waals surface area contributed by atoms with Gasteiger partial charge in [0.25, 0.3) is 0 Å². The van der Waals surface area contributed by atoms with Crippen LogP contribution in [0.25, 0.3) is 0 Å². The Kier molecular flexibility index (Phi) is 3.64. The van der Waals surface area contributed by atoms with Gasteiger partial charge >= 0.3 is 5.97 Å². The zero-order chi connectivity index (χ0) is 11.3. The molecule has 76 valence electrons. The minimum absolute atomic E-state index is 0.357. The second-order valence-corrected chi connectivity index (χ2v) is 3.00. The van der Waals surface area contributed by atoms with E-state index in [0.717, 1.165) is 5.56 Å². The van der Waals surface area contributed by atoms with Crippen LogP contribution in [0.1, 0.15) is 24.2 Å². The van der Waals surface area contributed by atoms with Crippen LogP contribution >= 0.6 is 0 Å². The van der Waals surface area contributed by atoms with Crippen LogP contribution in [0.2, 0.25) is 0 Å². The summed E-state index contributed by atoms with van der Waals surface area (Å²) in [6.07, 6.45) is 1.10. The predicted molar refractivity (Wildman–Crippen MR) is 55.9 cm³/mol. The molecule has 3 heteroatoms. The molecule has 1 aromatic rings. The maximum atomic E-state index is 10.8. The molecule has 0 aliphatic heterocycles. The van der Waals surface area contributed by atoms with Crippen LogP contribution in [0.5, 0.6) is 0 Å². The minimum atomic E-state index is -0.449. The van der Waals surface area contributed by atoms with E-state index in [9.17, 15) is 4.79 Å².